The van der Waals surface area contributed by atoms with Crippen LogP contribution in [0.2, 0.25) is 0 Å². The summed E-state index contributed by atoms with van der Waals surface area (Å²) in [5, 5.41) is 4.53. The lowest BCUT2D eigenvalue weighted by molar-refractivity contribution is 0.542. The second kappa shape index (κ2) is 13.6. The van der Waals surface area contributed by atoms with Crippen molar-refractivity contribution in [2.75, 3.05) is 4.90 Å². The molecule has 2 unspecified atom stereocenters. The second-order valence-electron chi connectivity index (χ2n) is 15.8. The Labute approximate surface area is 342 Å². The number of furan rings is 1. The first-order valence-electron chi connectivity index (χ1n) is 20.1. The van der Waals surface area contributed by atoms with Crippen LogP contribution in [0.15, 0.2) is 203 Å². The largest absolute Gasteiger partial charge is 0.456 e. The zero-order valence-electron chi connectivity index (χ0n) is 32.9. The standard InChI is InChI=1S/C54H40N4O/c1-34(55-53(37-14-5-4-6-15-37)56-35(2)41-18-13-22-51-52(41)44-17-8-10-21-50(44)59-51)36-23-27-40(28-24-36)58-49-33-39(25-29-43(49)46-19-11-12-31-54(46,58)3)38-26-30-48-45(32-38)42-16-7-9-20-47(42)57-48/h4-33,46,57H,2H2,1,3H3. The lowest BCUT2D eigenvalue weighted by Crippen LogP contribution is -2.41. The average molecular weight is 761 g/mol. The Morgan fingerprint density at radius 1 is 0.661 bits per heavy atom. The van der Waals surface area contributed by atoms with Gasteiger partial charge < -0.3 is 14.3 Å². The Morgan fingerprint density at radius 3 is 2.25 bits per heavy atom. The lowest BCUT2D eigenvalue weighted by Gasteiger charge is -2.39. The highest BCUT2D eigenvalue weighted by Crippen LogP contribution is 2.54. The molecule has 2 atom stereocenters. The van der Waals surface area contributed by atoms with Gasteiger partial charge in [0.1, 0.15) is 11.2 Å². The number of anilines is 2. The van der Waals surface area contributed by atoms with Gasteiger partial charge in [0, 0.05) is 66.7 Å². The van der Waals surface area contributed by atoms with Crippen LogP contribution in [-0.4, -0.2) is 22.1 Å². The van der Waals surface area contributed by atoms with Gasteiger partial charge in [0.15, 0.2) is 5.84 Å². The molecule has 0 radical (unpaired) electrons. The zero-order chi connectivity index (χ0) is 39.7. The van der Waals surface area contributed by atoms with Crippen molar-refractivity contribution in [3.63, 3.8) is 0 Å². The molecule has 1 N–H and O–H groups in total. The molecule has 0 fully saturated rings. The maximum absolute atomic E-state index is 6.18. The fraction of sp³-hybridized carbons (Fsp3) is 0.0741. The Kier molecular flexibility index (Phi) is 7.99. The molecule has 1 aliphatic carbocycles. The number of aromatic amines is 1. The summed E-state index contributed by atoms with van der Waals surface area (Å²) in [6, 6.07) is 55.3. The van der Waals surface area contributed by atoms with E-state index in [9.17, 15) is 0 Å². The third-order valence-electron chi connectivity index (χ3n) is 12.2. The molecule has 0 amide bonds. The lowest BCUT2D eigenvalue weighted by atomic mass is 9.80. The number of hydrogen-bond acceptors (Lipinski definition) is 3. The predicted octanol–water partition coefficient (Wildman–Crippen LogP) is 13.9. The minimum Gasteiger partial charge on any atom is -0.456 e. The monoisotopic (exact) mass is 760 g/mol. The van der Waals surface area contributed by atoms with E-state index in [0.29, 0.717) is 11.5 Å². The predicted molar refractivity (Wildman–Crippen MR) is 247 cm³/mol. The SMILES string of the molecule is C=C(N=C(N=C(C)c1ccc(N2c3cc(-c4ccc5[nH]c6ccccc6c5c4)ccc3C3C=CC=CC32C)cc1)c1ccccc1)c1cccc2oc3ccccc3c12. The minimum atomic E-state index is -0.266. The molecule has 0 saturated heterocycles. The van der Waals surface area contributed by atoms with E-state index in [-0.39, 0.29) is 11.5 Å². The van der Waals surface area contributed by atoms with Crippen molar-refractivity contribution in [1.82, 2.24) is 4.98 Å². The van der Waals surface area contributed by atoms with Gasteiger partial charge >= 0.3 is 0 Å². The van der Waals surface area contributed by atoms with Gasteiger partial charge in [-0.15, -0.1) is 0 Å². The molecule has 0 bridgehead atoms. The summed E-state index contributed by atoms with van der Waals surface area (Å²) >= 11 is 0. The average Bonchev–Trinajstić information content (AvgIpc) is 3.93. The Morgan fingerprint density at radius 2 is 1.39 bits per heavy atom. The van der Waals surface area contributed by atoms with Crippen LogP contribution in [0.1, 0.15) is 42.0 Å². The minimum absolute atomic E-state index is 0.222. The summed E-state index contributed by atoms with van der Waals surface area (Å²) in [5.41, 5.74) is 14.1. The fourth-order valence-corrected chi connectivity index (χ4v) is 9.26. The third kappa shape index (κ3) is 5.69. The topological polar surface area (TPSA) is 56.9 Å². The molecule has 0 spiro atoms. The molecule has 7 aromatic carbocycles. The van der Waals surface area contributed by atoms with Gasteiger partial charge in [-0.3, -0.25) is 0 Å². The maximum atomic E-state index is 6.18. The number of hydrogen-bond donors (Lipinski definition) is 1. The van der Waals surface area contributed by atoms with Gasteiger partial charge in [-0.25, -0.2) is 9.98 Å². The molecule has 11 rings (SSSR count). The van der Waals surface area contributed by atoms with E-state index in [1.807, 2.05) is 60.7 Å². The molecule has 2 aromatic heterocycles. The summed E-state index contributed by atoms with van der Waals surface area (Å²) in [6.45, 7) is 8.85. The number of aliphatic imine (C=N–C) groups is 2. The molecule has 0 saturated carbocycles. The normalized spacial score (nSPS) is 17.7. The number of para-hydroxylation sites is 2. The molecule has 59 heavy (non-hydrogen) atoms. The highest BCUT2D eigenvalue weighted by Gasteiger charge is 2.47. The van der Waals surface area contributed by atoms with Gasteiger partial charge in [-0.05, 0) is 84.6 Å². The van der Waals surface area contributed by atoms with Crippen molar-refractivity contribution < 1.29 is 4.42 Å². The molecule has 5 heteroatoms. The molecule has 5 nitrogen and oxygen atoms in total. The maximum Gasteiger partial charge on any atom is 0.160 e. The summed E-state index contributed by atoms with van der Waals surface area (Å²) < 4.78 is 6.18. The van der Waals surface area contributed by atoms with Crippen LogP contribution in [0.5, 0.6) is 0 Å². The number of H-pyrrole nitrogens is 1. The van der Waals surface area contributed by atoms with E-state index in [1.54, 1.807) is 0 Å². The van der Waals surface area contributed by atoms with Gasteiger partial charge in [0.25, 0.3) is 0 Å². The van der Waals surface area contributed by atoms with Crippen molar-refractivity contribution in [2.24, 2.45) is 9.98 Å². The van der Waals surface area contributed by atoms with Crippen molar-refractivity contribution >= 4 is 72.4 Å². The zero-order valence-corrected chi connectivity index (χ0v) is 32.9. The highest BCUT2D eigenvalue weighted by molar-refractivity contribution is 6.15. The number of rotatable bonds is 6. The molecule has 3 heterocycles. The van der Waals surface area contributed by atoms with Gasteiger partial charge in [0.2, 0.25) is 0 Å². The van der Waals surface area contributed by atoms with E-state index in [1.165, 1.54) is 33.2 Å². The van der Waals surface area contributed by atoms with Crippen LogP contribution in [0.3, 0.4) is 0 Å². The van der Waals surface area contributed by atoms with Crippen molar-refractivity contribution in [3.05, 3.63) is 211 Å². The first kappa shape index (κ1) is 34.7. The number of nitrogens with zero attached hydrogens (tertiary/aromatic N) is 3. The van der Waals surface area contributed by atoms with Crippen LogP contribution in [0, 0.1) is 0 Å². The Balaban J connectivity index is 0.957. The summed E-state index contributed by atoms with van der Waals surface area (Å²) in [4.78, 5) is 16.4. The van der Waals surface area contributed by atoms with E-state index >= 15 is 0 Å². The molecule has 9 aromatic rings. The van der Waals surface area contributed by atoms with Crippen LogP contribution in [0.25, 0.3) is 60.6 Å². The number of aromatic nitrogens is 1. The van der Waals surface area contributed by atoms with Gasteiger partial charge in [0.05, 0.1) is 11.2 Å². The van der Waals surface area contributed by atoms with E-state index in [2.05, 4.69) is 152 Å². The molecule has 2 aliphatic rings. The molecular formula is C54H40N4O. The second-order valence-corrected chi connectivity index (χ2v) is 15.8. The van der Waals surface area contributed by atoms with Crippen molar-refractivity contribution in [2.45, 2.75) is 25.3 Å². The molecule has 282 valence electrons. The van der Waals surface area contributed by atoms with Crippen LogP contribution in [0.4, 0.5) is 11.4 Å². The number of fused-ring (bicyclic) bond motifs is 9. The van der Waals surface area contributed by atoms with Crippen LogP contribution in [-0.2, 0) is 0 Å². The number of amidine groups is 1. The first-order valence-corrected chi connectivity index (χ1v) is 20.1. The van der Waals surface area contributed by atoms with Crippen molar-refractivity contribution in [1.29, 1.82) is 0 Å². The first-order chi connectivity index (χ1) is 28.9. The van der Waals surface area contributed by atoms with E-state index < -0.39 is 0 Å². The number of allylic oxidation sites excluding steroid dienone is 2. The third-order valence-corrected chi connectivity index (χ3v) is 12.2. The van der Waals surface area contributed by atoms with E-state index in [0.717, 1.165) is 61.1 Å². The van der Waals surface area contributed by atoms with Crippen LogP contribution < -0.4 is 4.90 Å². The van der Waals surface area contributed by atoms with E-state index in [4.69, 9.17) is 14.4 Å². The molecular weight excluding hydrogens is 721 g/mol. The fourth-order valence-electron chi connectivity index (χ4n) is 9.26. The van der Waals surface area contributed by atoms with Crippen molar-refractivity contribution in [3.8, 4) is 11.1 Å². The molecule has 1 aliphatic heterocycles. The van der Waals surface area contributed by atoms with Gasteiger partial charge in [-0.2, -0.15) is 0 Å². The van der Waals surface area contributed by atoms with Crippen LogP contribution >= 0.6 is 0 Å². The Bertz CT molecular complexity index is 3270. The highest BCUT2D eigenvalue weighted by atomic mass is 16.3. The Hall–Kier alpha value is -7.50. The quantitative estimate of drug-likeness (QED) is 0.136. The van der Waals surface area contributed by atoms with Gasteiger partial charge in [-0.1, -0.05) is 140 Å². The number of benzene rings is 7. The summed E-state index contributed by atoms with van der Waals surface area (Å²) in [6.07, 6.45) is 9.05. The summed E-state index contributed by atoms with van der Waals surface area (Å²) in [7, 11) is 0. The summed E-state index contributed by atoms with van der Waals surface area (Å²) in [5.74, 6) is 0.822. The number of nitrogens with one attached hydrogen (secondary N) is 1. The smallest absolute Gasteiger partial charge is 0.160 e.